The first-order valence-electron chi connectivity index (χ1n) is 19.8. The molecule has 8 rings (SSSR count). The first-order chi connectivity index (χ1) is 28.0. The Morgan fingerprint density at radius 3 is 1.34 bits per heavy atom. The fourth-order valence-corrected chi connectivity index (χ4v) is 8.00. The number of anilines is 2. The number of nitrogens with one attached hydrogen (secondary N) is 4. The molecule has 58 heavy (non-hydrogen) atoms. The smallest absolute Gasteiger partial charge is 0.240 e. The van der Waals surface area contributed by atoms with Gasteiger partial charge in [-0.1, -0.05) is 61.3 Å². The van der Waals surface area contributed by atoms with Gasteiger partial charge >= 0.3 is 0 Å². The molecular weight excluding hydrogens is 775 g/mol. The standard InChI is InChI=1S/2C21H25ClN6O/c2*1-2-17(14-3-5-15(22)6-4-14)27-20(29)21(23)8-11-28(12-9-21)19-16-7-10-24-18(16)25-13-26-19/h2*3-7,10,13,17H,2,8-9,11-12,23H2,1H3,(H,27,29)(H,24,25,26)/t2*17-/m10/s1. The predicted octanol–water partition coefficient (Wildman–Crippen LogP) is 6.35. The number of benzene rings is 2. The highest BCUT2D eigenvalue weighted by Crippen LogP contribution is 2.31. The Morgan fingerprint density at radius 2 is 1.00 bits per heavy atom. The van der Waals surface area contributed by atoms with Gasteiger partial charge < -0.3 is 41.9 Å². The molecule has 304 valence electrons. The Morgan fingerprint density at radius 1 is 0.638 bits per heavy atom. The normalized spacial score (nSPS) is 17.3. The lowest BCUT2D eigenvalue weighted by Gasteiger charge is -2.39. The van der Waals surface area contributed by atoms with Gasteiger partial charge in [0.25, 0.3) is 0 Å². The number of aromatic nitrogens is 6. The predicted molar refractivity (Wildman–Crippen MR) is 230 cm³/mol. The summed E-state index contributed by atoms with van der Waals surface area (Å²) >= 11 is 12.0. The van der Waals surface area contributed by atoms with Crippen LogP contribution in [0.4, 0.5) is 11.6 Å². The second-order valence-electron chi connectivity index (χ2n) is 15.1. The molecule has 2 fully saturated rings. The Balaban J connectivity index is 0.000000177. The van der Waals surface area contributed by atoms with Crippen molar-refractivity contribution in [3.63, 3.8) is 0 Å². The Hall–Kier alpha value is -5.28. The van der Waals surface area contributed by atoms with Gasteiger partial charge in [0.15, 0.2) is 0 Å². The maximum Gasteiger partial charge on any atom is 0.240 e. The Bertz CT molecular complexity index is 2150. The quantitative estimate of drug-likeness (QED) is 0.0905. The lowest BCUT2D eigenvalue weighted by atomic mass is 9.87. The lowest BCUT2D eigenvalue weighted by molar-refractivity contribution is -0.128. The highest BCUT2D eigenvalue weighted by Gasteiger charge is 2.40. The number of aromatic amines is 2. The molecule has 2 saturated heterocycles. The van der Waals surface area contributed by atoms with Gasteiger partial charge in [-0.25, -0.2) is 19.9 Å². The molecule has 2 atom stereocenters. The molecule has 0 radical (unpaired) electrons. The van der Waals surface area contributed by atoms with E-state index in [1.54, 1.807) is 12.7 Å². The van der Waals surface area contributed by atoms with Crippen molar-refractivity contribution >= 4 is 68.7 Å². The number of carbonyl (C=O) groups is 2. The Labute approximate surface area is 347 Å². The molecule has 0 spiro atoms. The van der Waals surface area contributed by atoms with Gasteiger partial charge in [-0.15, -0.1) is 0 Å². The average Bonchev–Trinajstić information content (AvgIpc) is 3.94. The first kappa shape index (κ1) is 40.9. The zero-order valence-electron chi connectivity index (χ0n) is 32.7. The molecule has 6 aromatic rings. The molecule has 6 heterocycles. The summed E-state index contributed by atoms with van der Waals surface area (Å²) in [5.74, 6) is 1.56. The molecule has 8 N–H and O–H groups in total. The van der Waals surface area contributed by atoms with Crippen molar-refractivity contribution in [2.75, 3.05) is 36.0 Å². The summed E-state index contributed by atoms with van der Waals surface area (Å²) in [5.41, 5.74) is 15.0. The minimum atomic E-state index is -0.888. The van der Waals surface area contributed by atoms with Gasteiger partial charge in [-0.05, 0) is 86.1 Å². The van der Waals surface area contributed by atoms with E-state index in [9.17, 15) is 9.59 Å². The van der Waals surface area contributed by atoms with Gasteiger partial charge in [0.2, 0.25) is 11.8 Å². The van der Waals surface area contributed by atoms with Gasteiger partial charge in [-0.2, -0.15) is 0 Å². The van der Waals surface area contributed by atoms with E-state index in [0.717, 1.165) is 57.7 Å². The summed E-state index contributed by atoms with van der Waals surface area (Å²) in [6, 6.07) is 18.9. The lowest BCUT2D eigenvalue weighted by Crippen LogP contribution is -2.60. The molecule has 0 saturated carbocycles. The average molecular weight is 826 g/mol. The molecule has 2 aromatic carbocycles. The molecule has 16 heteroatoms. The van der Waals surface area contributed by atoms with E-state index in [-0.39, 0.29) is 23.9 Å². The largest absolute Gasteiger partial charge is 0.356 e. The number of rotatable bonds is 10. The van der Waals surface area contributed by atoms with E-state index < -0.39 is 11.1 Å². The summed E-state index contributed by atoms with van der Waals surface area (Å²) in [7, 11) is 0. The van der Waals surface area contributed by atoms with Crippen LogP contribution in [0.2, 0.25) is 10.0 Å². The van der Waals surface area contributed by atoms with Crippen LogP contribution in [0.3, 0.4) is 0 Å². The van der Waals surface area contributed by atoms with E-state index in [4.69, 9.17) is 34.7 Å². The van der Waals surface area contributed by atoms with E-state index in [1.807, 2.05) is 86.9 Å². The second-order valence-corrected chi connectivity index (χ2v) is 16.0. The van der Waals surface area contributed by atoms with Crippen molar-refractivity contribution in [3.05, 3.63) is 107 Å². The number of nitrogens with two attached hydrogens (primary N) is 2. The summed E-state index contributed by atoms with van der Waals surface area (Å²) in [6.45, 7) is 6.75. The van der Waals surface area contributed by atoms with Crippen molar-refractivity contribution < 1.29 is 9.59 Å². The minimum absolute atomic E-state index is 0.0837. The third-order valence-electron chi connectivity index (χ3n) is 11.5. The molecule has 2 aliphatic heterocycles. The monoisotopic (exact) mass is 824 g/mol. The molecule has 0 bridgehead atoms. The third kappa shape index (κ3) is 8.90. The zero-order valence-corrected chi connectivity index (χ0v) is 34.2. The maximum atomic E-state index is 13.0. The topological polar surface area (TPSA) is 200 Å². The molecule has 2 amide bonds. The molecule has 0 unspecified atom stereocenters. The Kier molecular flexibility index (Phi) is 12.5. The van der Waals surface area contributed by atoms with Crippen molar-refractivity contribution in [2.24, 2.45) is 11.5 Å². The number of hydrogen-bond donors (Lipinski definition) is 6. The molecule has 14 nitrogen and oxygen atoms in total. The number of hydrogen-bond acceptors (Lipinski definition) is 10. The molecule has 4 aromatic heterocycles. The van der Waals surface area contributed by atoms with Crippen LogP contribution in [0.5, 0.6) is 0 Å². The van der Waals surface area contributed by atoms with Crippen molar-refractivity contribution in [1.29, 1.82) is 0 Å². The molecule has 2 aliphatic rings. The summed E-state index contributed by atoms with van der Waals surface area (Å²) in [5, 5.41) is 9.60. The SMILES string of the molecule is CC[C@@H](NC(=O)C1(N)CCN(c2ncnc3[nH]ccc23)CC1)c1ccc(Cl)cc1.CC[C@H](NC(=O)C1(N)CCN(c2ncnc3[nH]ccc23)CC1)c1ccc(Cl)cc1. The van der Waals surface area contributed by atoms with Crippen LogP contribution in [0.15, 0.2) is 85.7 Å². The highest BCUT2D eigenvalue weighted by molar-refractivity contribution is 6.30. The van der Waals surface area contributed by atoms with Gasteiger partial charge in [-0.3, -0.25) is 9.59 Å². The van der Waals surface area contributed by atoms with Crippen molar-refractivity contribution in [3.8, 4) is 0 Å². The summed E-state index contributed by atoms with van der Waals surface area (Å²) in [6.07, 6.45) is 10.6. The third-order valence-corrected chi connectivity index (χ3v) is 12.0. The van der Waals surface area contributed by atoms with Crippen LogP contribution in [-0.2, 0) is 9.59 Å². The van der Waals surface area contributed by atoms with E-state index in [0.29, 0.717) is 61.9 Å². The first-order valence-corrected chi connectivity index (χ1v) is 20.5. The van der Waals surface area contributed by atoms with Crippen LogP contribution in [0, 0.1) is 0 Å². The van der Waals surface area contributed by atoms with Gasteiger partial charge in [0, 0.05) is 48.6 Å². The van der Waals surface area contributed by atoms with E-state index in [2.05, 4.69) is 50.3 Å². The van der Waals surface area contributed by atoms with Gasteiger partial charge in [0.1, 0.15) is 35.6 Å². The van der Waals surface area contributed by atoms with Crippen molar-refractivity contribution in [2.45, 2.75) is 75.5 Å². The van der Waals surface area contributed by atoms with Crippen LogP contribution in [0.1, 0.15) is 75.6 Å². The number of nitrogens with zero attached hydrogens (tertiary/aromatic N) is 6. The maximum absolute atomic E-state index is 13.0. The van der Waals surface area contributed by atoms with Crippen LogP contribution < -0.4 is 31.9 Å². The van der Waals surface area contributed by atoms with Crippen LogP contribution in [0.25, 0.3) is 22.1 Å². The zero-order chi connectivity index (χ0) is 40.9. The second kappa shape index (κ2) is 17.7. The molecular formula is C42H50Cl2N12O2. The summed E-state index contributed by atoms with van der Waals surface area (Å²) < 4.78 is 0. The fraction of sp³-hybridized carbons (Fsp3) is 0.381. The number of amides is 2. The summed E-state index contributed by atoms with van der Waals surface area (Å²) in [4.78, 5) is 54.0. The number of piperidine rings is 2. The van der Waals surface area contributed by atoms with Crippen molar-refractivity contribution in [1.82, 2.24) is 40.5 Å². The number of H-pyrrole nitrogens is 2. The minimum Gasteiger partial charge on any atom is -0.356 e. The number of fused-ring (bicyclic) bond motifs is 2. The van der Waals surface area contributed by atoms with Gasteiger partial charge in [0.05, 0.1) is 33.9 Å². The van der Waals surface area contributed by atoms with Crippen LogP contribution in [-0.4, -0.2) is 79.0 Å². The highest BCUT2D eigenvalue weighted by atomic mass is 35.5. The number of halogens is 2. The van der Waals surface area contributed by atoms with E-state index >= 15 is 0 Å². The number of carbonyl (C=O) groups excluding carboxylic acids is 2. The van der Waals surface area contributed by atoms with Crippen LogP contribution >= 0.6 is 23.2 Å². The van der Waals surface area contributed by atoms with E-state index in [1.165, 1.54) is 0 Å². The molecule has 0 aliphatic carbocycles. The fourth-order valence-electron chi connectivity index (χ4n) is 7.75.